The van der Waals surface area contributed by atoms with Crippen molar-refractivity contribution in [3.63, 3.8) is 0 Å². The zero-order valence-corrected chi connectivity index (χ0v) is 9.17. The van der Waals surface area contributed by atoms with Crippen molar-refractivity contribution in [3.05, 3.63) is 0 Å². The van der Waals surface area contributed by atoms with Crippen LogP contribution in [0, 0.1) is 0 Å². The Kier molecular flexibility index (Phi) is 5.38. The average Bonchev–Trinajstić information content (AvgIpc) is 1.68. The first kappa shape index (κ1) is 8.53. The molecule has 0 unspecified atom stereocenters. The van der Waals surface area contributed by atoms with E-state index in [1.54, 1.807) is 0 Å². The molecule has 0 aromatic heterocycles. The van der Waals surface area contributed by atoms with Gasteiger partial charge in [0.05, 0.1) is 7.53 Å². The fourth-order valence-electron chi connectivity index (χ4n) is 0. The van der Waals surface area contributed by atoms with Gasteiger partial charge in [-0.15, -0.1) is 0 Å². The number of hydrogen-bond acceptors (Lipinski definition) is 0. The van der Waals surface area contributed by atoms with Crippen LogP contribution in [0.15, 0.2) is 0 Å². The molecule has 2 heteroatoms. The van der Waals surface area contributed by atoms with Crippen LogP contribution < -0.4 is 0 Å². The van der Waals surface area contributed by atoms with Crippen molar-refractivity contribution in [1.82, 2.24) is 0 Å². The van der Waals surface area contributed by atoms with Crippen LogP contribution in [0.3, 0.4) is 0 Å². The van der Waals surface area contributed by atoms with E-state index in [2.05, 4.69) is 20.3 Å². The Labute approximate surface area is 74.1 Å². The molecule has 0 nitrogen and oxygen atoms in total. The van der Waals surface area contributed by atoms with Crippen molar-refractivity contribution < 1.29 is 34.1 Å². The third kappa shape index (κ3) is 11.2. The molecule has 41 valence electrons. The van der Waals surface area contributed by atoms with Gasteiger partial charge in [0.1, 0.15) is 0 Å². The summed E-state index contributed by atoms with van der Waals surface area (Å²) in [6, 6.07) is 0. The summed E-state index contributed by atoms with van der Waals surface area (Å²) in [6.45, 7) is 7.27. The summed E-state index contributed by atoms with van der Waals surface area (Å²) in [4.78, 5) is 0. The zero-order valence-electron chi connectivity index (χ0n) is 6.44. The van der Waals surface area contributed by atoms with E-state index in [0.717, 1.165) is 0 Å². The first-order chi connectivity index (χ1) is 3.12. The van der Waals surface area contributed by atoms with Crippen molar-refractivity contribution >= 4 is 7.26 Å². The van der Waals surface area contributed by atoms with Crippen LogP contribution in [0.1, 0.15) is 8.29 Å². The minimum absolute atomic E-state index is 0. The molecule has 0 N–H and O–H groups in total. The molecule has 0 spiro atoms. The second-order valence-corrected chi connectivity index (χ2v) is 6.76. The van der Waals surface area contributed by atoms with Crippen LogP contribution in [-0.2, 0) is 32.7 Å². The largest absolute Gasteiger partial charge is 0.0671 e. The van der Waals surface area contributed by atoms with Gasteiger partial charge in [0.15, 0.2) is 0 Å². The SMILES string of the molecule is [2H]C[P+](C)(C)CC.[Y]. The summed E-state index contributed by atoms with van der Waals surface area (Å²) >= 11 is 0. The third-order valence-electron chi connectivity index (χ3n) is 0.856. The maximum absolute atomic E-state index is 7.05. The van der Waals surface area contributed by atoms with E-state index < -0.39 is 7.26 Å². The summed E-state index contributed by atoms with van der Waals surface area (Å²) in [7, 11) is -0.738. The molecule has 0 aliphatic rings. The van der Waals surface area contributed by atoms with Gasteiger partial charge in [0.2, 0.25) is 0 Å². The Bertz CT molecular complexity index is 50.4. The molecule has 1 radical (unpaired) electrons. The molecule has 0 aromatic rings. The predicted molar refractivity (Wildman–Crippen MR) is 35.2 cm³/mol. The van der Waals surface area contributed by atoms with Gasteiger partial charge in [-0.05, 0) is 6.92 Å². The van der Waals surface area contributed by atoms with E-state index >= 15 is 0 Å². The predicted octanol–water partition coefficient (Wildman–Crippen LogP) is 1.91. The number of hydrogen-bond donors (Lipinski definition) is 0. The van der Waals surface area contributed by atoms with Crippen molar-refractivity contribution in [2.45, 2.75) is 6.92 Å². The van der Waals surface area contributed by atoms with E-state index in [9.17, 15) is 0 Å². The molecule has 0 amide bonds. The van der Waals surface area contributed by atoms with Gasteiger partial charge in [-0.2, -0.15) is 0 Å². The maximum atomic E-state index is 7.05. The molecule has 0 saturated heterocycles. The minimum Gasteiger partial charge on any atom is -0.0312 e. The van der Waals surface area contributed by atoms with E-state index in [4.69, 9.17) is 1.37 Å². The smallest absolute Gasteiger partial charge is 0.0312 e. The van der Waals surface area contributed by atoms with Crippen LogP contribution in [0.25, 0.3) is 0 Å². The molecule has 0 aliphatic heterocycles. The molecular formula is C5H14PY+. The molecule has 0 atom stereocenters. The van der Waals surface area contributed by atoms with Gasteiger partial charge in [-0.3, -0.25) is 0 Å². The molecule has 7 heavy (non-hydrogen) atoms. The molecule has 0 saturated carbocycles. The average molecular weight is 195 g/mol. The van der Waals surface area contributed by atoms with Crippen molar-refractivity contribution in [2.75, 3.05) is 26.1 Å². The summed E-state index contributed by atoms with van der Waals surface area (Å²) in [5.41, 5.74) is 0. The first-order valence-electron chi connectivity index (χ1n) is 2.94. The Hall–Kier alpha value is 1.53. The molecule has 0 heterocycles. The summed E-state index contributed by atoms with van der Waals surface area (Å²) in [5, 5.41) is 0. The molecule has 0 fully saturated rings. The van der Waals surface area contributed by atoms with Crippen LogP contribution in [0.4, 0.5) is 0 Å². The maximum Gasteiger partial charge on any atom is 0.0671 e. The standard InChI is InChI=1S/C5H14P.Y/c1-5-6(2,3)4;/h5H2,1-4H3;/q+1;/i2D;. The van der Waals surface area contributed by atoms with Gasteiger partial charge in [0.25, 0.3) is 0 Å². The molecule has 0 bridgehead atoms. The van der Waals surface area contributed by atoms with Crippen LogP contribution >= 0.6 is 7.26 Å². The fourth-order valence-corrected chi connectivity index (χ4v) is 0. The van der Waals surface area contributed by atoms with Gasteiger partial charge in [-0.1, -0.05) is 0 Å². The quantitative estimate of drug-likeness (QED) is 0.560. The second kappa shape index (κ2) is 4.42. The second-order valence-electron chi connectivity index (χ2n) is 2.25. The Morgan fingerprint density at radius 3 is 2.00 bits per heavy atom. The molecule has 0 aromatic carbocycles. The zero-order chi connectivity index (χ0) is 5.91. The van der Waals surface area contributed by atoms with Crippen molar-refractivity contribution in [2.24, 2.45) is 0 Å². The van der Waals surface area contributed by atoms with Crippen LogP contribution in [-0.4, -0.2) is 26.1 Å². The summed E-state index contributed by atoms with van der Waals surface area (Å²) in [5.74, 6) is 0. The van der Waals surface area contributed by atoms with Crippen LogP contribution in [0.2, 0.25) is 0 Å². The summed E-state index contributed by atoms with van der Waals surface area (Å²) in [6.07, 6.45) is 1.22. The molecule has 0 aliphatic carbocycles. The Morgan fingerprint density at radius 1 is 1.57 bits per heavy atom. The van der Waals surface area contributed by atoms with E-state index in [-0.39, 0.29) is 32.7 Å². The minimum atomic E-state index is -0.738. The van der Waals surface area contributed by atoms with Crippen molar-refractivity contribution in [3.8, 4) is 0 Å². The Morgan fingerprint density at radius 2 is 2.00 bits per heavy atom. The van der Waals surface area contributed by atoms with Crippen LogP contribution in [0.5, 0.6) is 0 Å². The fraction of sp³-hybridized carbons (Fsp3) is 1.00. The monoisotopic (exact) mass is 195 g/mol. The number of rotatable bonds is 1. The van der Waals surface area contributed by atoms with Gasteiger partial charge in [-0.25, -0.2) is 0 Å². The molecule has 0 rings (SSSR count). The van der Waals surface area contributed by atoms with Gasteiger partial charge in [0, 0.05) is 59.9 Å². The first-order valence-corrected chi connectivity index (χ1v) is 5.29. The Balaban J connectivity index is 0. The van der Waals surface area contributed by atoms with E-state index in [1.165, 1.54) is 6.16 Å². The molecular weight excluding hydrogens is 180 g/mol. The van der Waals surface area contributed by atoms with Gasteiger partial charge < -0.3 is 0 Å². The van der Waals surface area contributed by atoms with Crippen molar-refractivity contribution in [1.29, 1.82) is 0 Å². The topological polar surface area (TPSA) is 0 Å². The normalized spacial score (nSPS) is 12.1. The van der Waals surface area contributed by atoms with Gasteiger partial charge >= 0.3 is 0 Å². The van der Waals surface area contributed by atoms with E-state index in [1.807, 2.05) is 0 Å². The summed E-state index contributed by atoms with van der Waals surface area (Å²) < 4.78 is 7.05. The van der Waals surface area contributed by atoms with E-state index in [0.29, 0.717) is 6.64 Å². The third-order valence-corrected chi connectivity index (χ3v) is 2.57.